The van der Waals surface area contributed by atoms with Gasteiger partial charge in [-0.2, -0.15) is 0 Å². The highest BCUT2D eigenvalue weighted by atomic mass is 16.5. The molecule has 4 heteroatoms. The van der Waals surface area contributed by atoms with Crippen molar-refractivity contribution in [3.63, 3.8) is 0 Å². The summed E-state index contributed by atoms with van der Waals surface area (Å²) in [5.74, 6) is 0.669. The minimum absolute atomic E-state index is 0.171. The van der Waals surface area contributed by atoms with Crippen LogP contribution in [-0.4, -0.2) is 12.5 Å². The summed E-state index contributed by atoms with van der Waals surface area (Å²) in [5, 5.41) is 6.18. The Morgan fingerprint density at radius 3 is 2.18 bits per heavy atom. The number of carbonyl (C=O) groups excluding carboxylic acids is 1. The zero-order valence-electron chi connectivity index (χ0n) is 15.9. The Morgan fingerprint density at radius 2 is 1.50 bits per heavy atom. The van der Waals surface area contributed by atoms with E-state index in [1.54, 1.807) is 6.08 Å². The van der Waals surface area contributed by atoms with Crippen LogP contribution in [0.2, 0.25) is 0 Å². The van der Waals surface area contributed by atoms with Crippen LogP contribution in [-0.2, 0) is 4.79 Å². The van der Waals surface area contributed by atoms with E-state index in [1.165, 1.54) is 6.08 Å². The molecular weight excluding hydrogens is 348 g/mol. The molecule has 0 unspecified atom stereocenters. The minimum atomic E-state index is -0.171. The zero-order valence-corrected chi connectivity index (χ0v) is 15.9. The maximum atomic E-state index is 12.1. The number of nitrogens with one attached hydrogen (secondary N) is 2. The quantitative estimate of drug-likeness (QED) is 0.486. The van der Waals surface area contributed by atoms with Crippen molar-refractivity contribution in [2.45, 2.75) is 13.3 Å². The molecule has 0 spiro atoms. The van der Waals surface area contributed by atoms with E-state index in [-0.39, 0.29) is 5.91 Å². The summed E-state index contributed by atoms with van der Waals surface area (Å²) >= 11 is 0. The first kappa shape index (κ1) is 19.2. The van der Waals surface area contributed by atoms with E-state index in [0.717, 1.165) is 34.8 Å². The third-order valence-electron chi connectivity index (χ3n) is 4.00. The predicted molar refractivity (Wildman–Crippen MR) is 116 cm³/mol. The highest BCUT2D eigenvalue weighted by Gasteiger charge is 2.00. The average Bonchev–Trinajstić information content (AvgIpc) is 2.74. The SMILES string of the molecule is CCCOc1ccc(/C=C/C(=O)Nc2ccc(Nc3ccccc3)cc2)cc1. The lowest BCUT2D eigenvalue weighted by molar-refractivity contribution is -0.111. The molecule has 0 aliphatic carbocycles. The van der Waals surface area contributed by atoms with E-state index in [2.05, 4.69) is 17.6 Å². The van der Waals surface area contributed by atoms with Crippen LogP contribution in [0.1, 0.15) is 18.9 Å². The molecule has 0 atom stereocenters. The van der Waals surface area contributed by atoms with Gasteiger partial charge in [0.1, 0.15) is 5.75 Å². The molecule has 0 heterocycles. The van der Waals surface area contributed by atoms with E-state index >= 15 is 0 Å². The van der Waals surface area contributed by atoms with Gasteiger partial charge in [-0.15, -0.1) is 0 Å². The molecule has 1 amide bonds. The molecule has 0 radical (unpaired) electrons. The van der Waals surface area contributed by atoms with E-state index in [1.807, 2.05) is 78.9 Å². The second kappa shape index (κ2) is 9.97. The smallest absolute Gasteiger partial charge is 0.248 e. The van der Waals surface area contributed by atoms with Gasteiger partial charge in [0.25, 0.3) is 0 Å². The Hall–Kier alpha value is -3.53. The number of para-hydroxylation sites is 1. The van der Waals surface area contributed by atoms with Gasteiger partial charge >= 0.3 is 0 Å². The van der Waals surface area contributed by atoms with Crippen molar-refractivity contribution in [2.75, 3.05) is 17.2 Å². The topological polar surface area (TPSA) is 50.4 Å². The Morgan fingerprint density at radius 1 is 0.857 bits per heavy atom. The summed E-state index contributed by atoms with van der Waals surface area (Å²) in [6, 6.07) is 25.2. The van der Waals surface area contributed by atoms with Crippen molar-refractivity contribution in [3.05, 3.63) is 90.5 Å². The van der Waals surface area contributed by atoms with Gasteiger partial charge in [-0.1, -0.05) is 37.3 Å². The van der Waals surface area contributed by atoms with Gasteiger partial charge in [0.05, 0.1) is 6.61 Å². The van der Waals surface area contributed by atoms with Gasteiger partial charge < -0.3 is 15.4 Å². The monoisotopic (exact) mass is 372 g/mol. The van der Waals surface area contributed by atoms with Crippen molar-refractivity contribution in [3.8, 4) is 5.75 Å². The molecule has 0 aliphatic rings. The van der Waals surface area contributed by atoms with Gasteiger partial charge in [-0.05, 0) is 66.6 Å². The molecule has 0 aliphatic heterocycles. The first-order valence-electron chi connectivity index (χ1n) is 9.37. The van der Waals surface area contributed by atoms with Crippen molar-refractivity contribution in [1.29, 1.82) is 0 Å². The van der Waals surface area contributed by atoms with E-state index in [0.29, 0.717) is 6.61 Å². The maximum Gasteiger partial charge on any atom is 0.248 e. The summed E-state index contributed by atoms with van der Waals surface area (Å²) in [4.78, 5) is 12.1. The molecule has 0 saturated heterocycles. The number of amides is 1. The van der Waals surface area contributed by atoms with Gasteiger partial charge in [-0.3, -0.25) is 4.79 Å². The molecule has 0 bridgehead atoms. The van der Waals surface area contributed by atoms with E-state index in [4.69, 9.17) is 4.74 Å². The fourth-order valence-electron chi connectivity index (χ4n) is 2.58. The molecule has 0 aromatic heterocycles. The normalized spacial score (nSPS) is 10.6. The predicted octanol–water partition coefficient (Wildman–Crippen LogP) is 5.87. The molecule has 0 saturated carbocycles. The average molecular weight is 372 g/mol. The third kappa shape index (κ3) is 6.02. The summed E-state index contributed by atoms with van der Waals surface area (Å²) in [6.45, 7) is 2.78. The van der Waals surface area contributed by atoms with Crippen molar-refractivity contribution >= 4 is 29.0 Å². The molecule has 2 N–H and O–H groups in total. The zero-order chi connectivity index (χ0) is 19.6. The fourth-order valence-corrected chi connectivity index (χ4v) is 2.58. The maximum absolute atomic E-state index is 12.1. The fraction of sp³-hybridized carbons (Fsp3) is 0.125. The number of hydrogen-bond donors (Lipinski definition) is 2. The lowest BCUT2D eigenvalue weighted by Gasteiger charge is -2.08. The standard InChI is InChI=1S/C24H24N2O2/c1-2-18-28-23-15-8-19(9-16-23)10-17-24(27)26-22-13-11-21(12-14-22)25-20-6-4-3-5-7-20/h3-17,25H,2,18H2,1H3,(H,26,27)/b17-10+. The number of anilines is 3. The highest BCUT2D eigenvalue weighted by molar-refractivity contribution is 6.02. The number of hydrogen-bond acceptors (Lipinski definition) is 3. The van der Waals surface area contributed by atoms with Gasteiger partial charge in [-0.25, -0.2) is 0 Å². The van der Waals surface area contributed by atoms with Crippen LogP contribution in [0.15, 0.2) is 84.9 Å². The second-order valence-corrected chi connectivity index (χ2v) is 6.31. The highest BCUT2D eigenvalue weighted by Crippen LogP contribution is 2.19. The summed E-state index contributed by atoms with van der Waals surface area (Å²) in [5.41, 5.74) is 3.68. The van der Waals surface area contributed by atoms with E-state index < -0.39 is 0 Å². The second-order valence-electron chi connectivity index (χ2n) is 6.31. The third-order valence-corrected chi connectivity index (χ3v) is 4.00. The van der Waals surface area contributed by atoms with Gasteiger partial charge in [0.2, 0.25) is 5.91 Å². The van der Waals surface area contributed by atoms with Crippen molar-refractivity contribution < 1.29 is 9.53 Å². The van der Waals surface area contributed by atoms with Crippen LogP contribution >= 0.6 is 0 Å². The molecule has 3 aromatic carbocycles. The Labute approximate surface area is 165 Å². The molecule has 142 valence electrons. The Balaban J connectivity index is 1.52. The summed E-state index contributed by atoms with van der Waals surface area (Å²) in [6.07, 6.45) is 4.29. The van der Waals surface area contributed by atoms with E-state index in [9.17, 15) is 4.79 Å². The van der Waals surface area contributed by atoms with Gasteiger partial charge in [0, 0.05) is 23.1 Å². The first-order chi connectivity index (χ1) is 13.7. The van der Waals surface area contributed by atoms with Crippen LogP contribution in [0.25, 0.3) is 6.08 Å². The summed E-state index contributed by atoms with van der Waals surface area (Å²) in [7, 11) is 0. The lowest BCUT2D eigenvalue weighted by atomic mass is 10.2. The lowest BCUT2D eigenvalue weighted by Crippen LogP contribution is -2.07. The number of ether oxygens (including phenoxy) is 1. The van der Waals surface area contributed by atoms with Crippen molar-refractivity contribution in [1.82, 2.24) is 0 Å². The minimum Gasteiger partial charge on any atom is -0.494 e. The molecule has 3 aromatic rings. The summed E-state index contributed by atoms with van der Waals surface area (Å²) < 4.78 is 5.55. The van der Waals surface area contributed by atoms with Crippen LogP contribution in [0.5, 0.6) is 5.75 Å². The Kier molecular flexibility index (Phi) is 6.85. The molecule has 0 fully saturated rings. The van der Waals surface area contributed by atoms with Crippen LogP contribution in [0.4, 0.5) is 17.1 Å². The first-order valence-corrected chi connectivity index (χ1v) is 9.37. The number of benzene rings is 3. The van der Waals surface area contributed by atoms with Gasteiger partial charge in [0.15, 0.2) is 0 Å². The van der Waals surface area contributed by atoms with Crippen molar-refractivity contribution in [2.24, 2.45) is 0 Å². The number of rotatable bonds is 8. The molecule has 4 nitrogen and oxygen atoms in total. The molecule has 3 rings (SSSR count). The van der Waals surface area contributed by atoms with Crippen LogP contribution in [0, 0.1) is 0 Å². The Bertz CT molecular complexity index is 902. The molecular formula is C24H24N2O2. The van der Waals surface area contributed by atoms with Crippen LogP contribution in [0.3, 0.4) is 0 Å². The molecule has 28 heavy (non-hydrogen) atoms. The number of carbonyl (C=O) groups is 1. The largest absolute Gasteiger partial charge is 0.494 e. The van der Waals surface area contributed by atoms with Crippen LogP contribution < -0.4 is 15.4 Å².